The molecule has 0 saturated heterocycles. The minimum atomic E-state index is -3.80. The highest BCUT2D eigenvalue weighted by Gasteiger charge is 2.22. The van der Waals surface area contributed by atoms with E-state index in [0.29, 0.717) is 5.56 Å². The first-order valence-corrected chi connectivity index (χ1v) is 10.4. The van der Waals surface area contributed by atoms with Crippen LogP contribution in [-0.4, -0.2) is 25.9 Å². The van der Waals surface area contributed by atoms with E-state index >= 15 is 0 Å². The van der Waals surface area contributed by atoms with E-state index in [1.165, 1.54) is 36.4 Å². The number of carbonyl (C=O) groups is 1. The average Bonchev–Trinajstić information content (AvgIpc) is 2.77. The second-order valence-corrected chi connectivity index (χ2v) is 8.04. The molecule has 1 N–H and O–H groups in total. The molecule has 9 heteroatoms. The number of hydrogen-bond donors (Lipinski definition) is 1. The van der Waals surface area contributed by atoms with Gasteiger partial charge >= 0.3 is 5.97 Å². The predicted molar refractivity (Wildman–Crippen MR) is 109 cm³/mol. The van der Waals surface area contributed by atoms with Gasteiger partial charge in [-0.05, 0) is 29.8 Å². The van der Waals surface area contributed by atoms with Gasteiger partial charge in [-0.15, -0.1) is 0 Å². The maximum Gasteiger partial charge on any atom is 0.338 e. The second kappa shape index (κ2) is 9.29. The van der Waals surface area contributed by atoms with Gasteiger partial charge < -0.3 is 4.74 Å². The van der Waals surface area contributed by atoms with Crippen molar-refractivity contribution in [2.75, 3.05) is 6.54 Å². The Bertz CT molecular complexity index is 1120. The van der Waals surface area contributed by atoms with Crippen LogP contribution in [0.1, 0.15) is 22.0 Å². The van der Waals surface area contributed by atoms with E-state index in [1.54, 1.807) is 48.5 Å². The van der Waals surface area contributed by atoms with Crippen molar-refractivity contribution in [2.24, 2.45) is 0 Å². The number of sulfonamides is 1. The summed E-state index contributed by atoms with van der Waals surface area (Å²) in [6, 6.07) is 21.5. The minimum Gasteiger partial charge on any atom is -0.452 e. The van der Waals surface area contributed by atoms with Crippen LogP contribution in [0.5, 0.6) is 0 Å². The smallest absolute Gasteiger partial charge is 0.338 e. The summed E-state index contributed by atoms with van der Waals surface area (Å²) in [5.74, 6) is -0.724. The van der Waals surface area contributed by atoms with E-state index in [1.807, 2.05) is 0 Å². The number of hydrogen-bond acceptors (Lipinski definition) is 6. The number of carbonyl (C=O) groups excluding carboxylic acids is 1. The summed E-state index contributed by atoms with van der Waals surface area (Å²) in [6.07, 6.45) is -0.896. The summed E-state index contributed by atoms with van der Waals surface area (Å²) in [5.41, 5.74) is 0.567. The van der Waals surface area contributed by atoms with E-state index in [9.17, 15) is 23.3 Å². The number of esters is 1. The molecule has 30 heavy (non-hydrogen) atoms. The van der Waals surface area contributed by atoms with E-state index in [-0.39, 0.29) is 22.7 Å². The Morgan fingerprint density at radius 3 is 2.07 bits per heavy atom. The number of non-ortho nitro benzene ring substituents is 1. The summed E-state index contributed by atoms with van der Waals surface area (Å²) in [4.78, 5) is 22.8. The molecular formula is C21H18N2O6S. The Morgan fingerprint density at radius 1 is 0.933 bits per heavy atom. The Kier molecular flexibility index (Phi) is 6.55. The molecule has 0 aliphatic heterocycles. The SMILES string of the molecule is O=C(O[C@H](CNS(=O)(=O)c1ccccc1)c1ccccc1)c1ccc([N+](=O)[O-])cc1. The molecule has 1 atom stereocenters. The largest absolute Gasteiger partial charge is 0.452 e. The van der Waals surface area contributed by atoms with Crippen LogP contribution >= 0.6 is 0 Å². The Balaban J connectivity index is 1.78. The third-order valence-electron chi connectivity index (χ3n) is 4.25. The monoisotopic (exact) mass is 426 g/mol. The van der Waals surface area contributed by atoms with Gasteiger partial charge in [-0.1, -0.05) is 48.5 Å². The van der Waals surface area contributed by atoms with Crippen molar-refractivity contribution in [3.8, 4) is 0 Å². The third kappa shape index (κ3) is 5.28. The molecule has 0 amide bonds. The average molecular weight is 426 g/mol. The van der Waals surface area contributed by atoms with Crippen molar-refractivity contribution in [3.05, 3.63) is 106 Å². The molecule has 154 valence electrons. The molecular weight excluding hydrogens is 408 g/mol. The highest BCUT2D eigenvalue weighted by atomic mass is 32.2. The first-order chi connectivity index (χ1) is 14.4. The van der Waals surface area contributed by atoms with Crippen LogP contribution < -0.4 is 4.72 Å². The number of nitrogens with zero attached hydrogens (tertiary/aromatic N) is 1. The van der Waals surface area contributed by atoms with Gasteiger partial charge in [-0.25, -0.2) is 17.9 Å². The van der Waals surface area contributed by atoms with Crippen LogP contribution in [0.4, 0.5) is 5.69 Å². The molecule has 0 bridgehead atoms. The van der Waals surface area contributed by atoms with Crippen LogP contribution in [0.15, 0.2) is 89.8 Å². The highest BCUT2D eigenvalue weighted by molar-refractivity contribution is 7.89. The summed E-state index contributed by atoms with van der Waals surface area (Å²) in [5, 5.41) is 10.8. The topological polar surface area (TPSA) is 116 Å². The van der Waals surface area contributed by atoms with Crippen LogP contribution in [0.3, 0.4) is 0 Å². The van der Waals surface area contributed by atoms with Crippen molar-refractivity contribution in [2.45, 2.75) is 11.0 Å². The number of nitrogens with one attached hydrogen (secondary N) is 1. The lowest BCUT2D eigenvalue weighted by atomic mass is 10.1. The lowest BCUT2D eigenvalue weighted by molar-refractivity contribution is -0.384. The van der Waals surface area contributed by atoms with Gasteiger partial charge in [0, 0.05) is 12.1 Å². The molecule has 0 heterocycles. The summed E-state index contributed by atoms with van der Waals surface area (Å²) < 4.78 is 33.0. The quantitative estimate of drug-likeness (QED) is 0.335. The molecule has 0 radical (unpaired) electrons. The molecule has 0 aliphatic carbocycles. The zero-order chi connectivity index (χ0) is 21.6. The first kappa shape index (κ1) is 21.2. The number of benzene rings is 3. The minimum absolute atomic E-state index is 0.0958. The molecule has 3 aromatic rings. The molecule has 0 spiro atoms. The maximum atomic E-state index is 12.5. The number of nitro benzene ring substituents is 1. The molecule has 3 rings (SSSR count). The normalized spacial score (nSPS) is 12.1. The van der Waals surface area contributed by atoms with Crippen molar-refractivity contribution < 1.29 is 22.9 Å². The van der Waals surface area contributed by atoms with Gasteiger partial charge in [-0.3, -0.25) is 10.1 Å². The number of nitro groups is 1. The second-order valence-electron chi connectivity index (χ2n) is 6.27. The predicted octanol–water partition coefficient (Wildman–Crippen LogP) is 3.47. The Morgan fingerprint density at radius 2 is 1.50 bits per heavy atom. The molecule has 8 nitrogen and oxygen atoms in total. The van der Waals surface area contributed by atoms with Gasteiger partial charge in [-0.2, -0.15) is 0 Å². The van der Waals surface area contributed by atoms with Crippen molar-refractivity contribution >= 4 is 21.7 Å². The first-order valence-electron chi connectivity index (χ1n) is 8.92. The van der Waals surface area contributed by atoms with E-state index < -0.39 is 27.0 Å². The van der Waals surface area contributed by atoms with Crippen molar-refractivity contribution in [3.63, 3.8) is 0 Å². The lowest BCUT2D eigenvalue weighted by Crippen LogP contribution is -2.30. The summed E-state index contributed by atoms with van der Waals surface area (Å²) in [6.45, 7) is -0.181. The fraction of sp³-hybridized carbons (Fsp3) is 0.0952. The maximum absolute atomic E-state index is 12.5. The van der Waals surface area contributed by atoms with Gasteiger partial charge in [0.2, 0.25) is 10.0 Å². The van der Waals surface area contributed by atoms with E-state index in [2.05, 4.69) is 4.72 Å². The van der Waals surface area contributed by atoms with Crippen LogP contribution in [0, 0.1) is 10.1 Å². The fourth-order valence-electron chi connectivity index (χ4n) is 2.68. The summed E-state index contributed by atoms with van der Waals surface area (Å²) >= 11 is 0. The highest BCUT2D eigenvalue weighted by Crippen LogP contribution is 2.21. The van der Waals surface area contributed by atoms with Crippen LogP contribution in [0.25, 0.3) is 0 Å². The van der Waals surface area contributed by atoms with Crippen LogP contribution in [0.2, 0.25) is 0 Å². The zero-order valence-electron chi connectivity index (χ0n) is 15.7. The molecule has 0 fully saturated rings. The molecule has 3 aromatic carbocycles. The van der Waals surface area contributed by atoms with Gasteiger partial charge in [0.25, 0.3) is 5.69 Å². The van der Waals surface area contributed by atoms with Gasteiger partial charge in [0.05, 0.1) is 21.9 Å². The molecule has 0 aliphatic rings. The van der Waals surface area contributed by atoms with E-state index in [0.717, 1.165) is 0 Å². The summed E-state index contributed by atoms with van der Waals surface area (Å²) in [7, 11) is -3.80. The third-order valence-corrected chi connectivity index (χ3v) is 5.69. The molecule has 0 aromatic heterocycles. The van der Waals surface area contributed by atoms with Crippen molar-refractivity contribution in [1.82, 2.24) is 4.72 Å². The Labute approximate surface area is 173 Å². The van der Waals surface area contributed by atoms with Gasteiger partial charge in [0.15, 0.2) is 0 Å². The molecule has 0 saturated carbocycles. The number of rotatable bonds is 8. The Hall–Kier alpha value is -3.56. The van der Waals surface area contributed by atoms with Crippen LogP contribution in [-0.2, 0) is 14.8 Å². The van der Waals surface area contributed by atoms with E-state index in [4.69, 9.17) is 4.74 Å². The van der Waals surface area contributed by atoms with Crippen molar-refractivity contribution in [1.29, 1.82) is 0 Å². The van der Waals surface area contributed by atoms with Gasteiger partial charge in [0.1, 0.15) is 6.10 Å². The lowest BCUT2D eigenvalue weighted by Gasteiger charge is -2.19. The standard InChI is InChI=1S/C21H18N2O6S/c24-21(17-11-13-18(14-12-17)23(25)26)29-20(16-7-3-1-4-8-16)15-22-30(27,28)19-9-5-2-6-10-19/h1-14,20,22H,15H2/t20-/m1/s1. The number of ether oxygens (including phenoxy) is 1. The zero-order valence-corrected chi connectivity index (χ0v) is 16.5. The fourth-order valence-corrected chi connectivity index (χ4v) is 3.73. The molecule has 0 unspecified atom stereocenters.